The highest BCUT2D eigenvalue weighted by Crippen LogP contribution is 2.33. The van der Waals surface area contributed by atoms with E-state index >= 15 is 0 Å². The van der Waals surface area contributed by atoms with Crippen LogP contribution in [-0.2, 0) is 0 Å². The third-order valence-corrected chi connectivity index (χ3v) is 2.99. The number of hydrogen-bond acceptors (Lipinski definition) is 2. The molecule has 0 spiro atoms. The topological polar surface area (TPSA) is 54.7 Å². The predicted octanol–water partition coefficient (Wildman–Crippen LogP) is 2.43. The molecular formula is C10H17N3. The van der Waals surface area contributed by atoms with Crippen LogP contribution >= 0.6 is 0 Å². The van der Waals surface area contributed by atoms with Gasteiger partial charge in [0.2, 0.25) is 0 Å². The summed E-state index contributed by atoms with van der Waals surface area (Å²) in [5.74, 6) is 1.42. The lowest BCUT2D eigenvalue weighted by atomic mass is 9.94. The van der Waals surface area contributed by atoms with E-state index in [-0.39, 0.29) is 0 Å². The summed E-state index contributed by atoms with van der Waals surface area (Å²) < 4.78 is 0. The summed E-state index contributed by atoms with van der Waals surface area (Å²) >= 11 is 0. The van der Waals surface area contributed by atoms with Gasteiger partial charge >= 0.3 is 0 Å². The van der Waals surface area contributed by atoms with Crippen molar-refractivity contribution < 1.29 is 0 Å². The van der Waals surface area contributed by atoms with Gasteiger partial charge in [0, 0.05) is 5.56 Å². The van der Waals surface area contributed by atoms with Gasteiger partial charge in [-0.3, -0.25) is 5.10 Å². The molecule has 72 valence electrons. The first kappa shape index (κ1) is 8.60. The third kappa shape index (κ3) is 1.85. The zero-order chi connectivity index (χ0) is 9.10. The Kier molecular flexibility index (Phi) is 2.52. The van der Waals surface area contributed by atoms with Crippen LogP contribution in [-0.4, -0.2) is 10.2 Å². The molecule has 0 saturated heterocycles. The summed E-state index contributed by atoms with van der Waals surface area (Å²) in [5, 5.41) is 6.79. The summed E-state index contributed by atoms with van der Waals surface area (Å²) in [4.78, 5) is 0. The maximum Gasteiger partial charge on any atom is 0.122 e. The minimum Gasteiger partial charge on any atom is -0.384 e. The SMILES string of the molecule is Nc1[nH]ncc1C1CCCCCC1. The van der Waals surface area contributed by atoms with Gasteiger partial charge in [0.15, 0.2) is 0 Å². The Morgan fingerprint density at radius 1 is 1.23 bits per heavy atom. The van der Waals surface area contributed by atoms with Crippen molar-refractivity contribution in [3.63, 3.8) is 0 Å². The van der Waals surface area contributed by atoms with Crippen molar-refractivity contribution in [2.24, 2.45) is 0 Å². The molecule has 13 heavy (non-hydrogen) atoms. The van der Waals surface area contributed by atoms with Gasteiger partial charge in [0.05, 0.1) is 6.20 Å². The normalized spacial score (nSPS) is 20.0. The van der Waals surface area contributed by atoms with Crippen LogP contribution in [0.1, 0.15) is 50.0 Å². The number of H-pyrrole nitrogens is 1. The van der Waals surface area contributed by atoms with Crippen LogP contribution in [0.4, 0.5) is 5.82 Å². The Bertz CT molecular complexity index is 259. The smallest absolute Gasteiger partial charge is 0.122 e. The van der Waals surface area contributed by atoms with Gasteiger partial charge < -0.3 is 5.73 Å². The van der Waals surface area contributed by atoms with E-state index < -0.39 is 0 Å². The van der Waals surface area contributed by atoms with Crippen LogP contribution < -0.4 is 5.73 Å². The van der Waals surface area contributed by atoms with E-state index in [1.54, 1.807) is 0 Å². The van der Waals surface area contributed by atoms with E-state index in [9.17, 15) is 0 Å². The molecule has 0 bridgehead atoms. The standard InChI is InChI=1S/C10H17N3/c11-10-9(7-12-13-10)8-5-3-1-2-4-6-8/h7-8H,1-6H2,(H3,11,12,13). The average Bonchev–Trinajstić information content (AvgIpc) is 2.43. The van der Waals surface area contributed by atoms with Gasteiger partial charge in [-0.25, -0.2) is 0 Å². The first-order chi connectivity index (χ1) is 6.38. The first-order valence-corrected chi connectivity index (χ1v) is 5.16. The van der Waals surface area contributed by atoms with Crippen LogP contribution in [0.25, 0.3) is 0 Å². The number of rotatable bonds is 1. The Balaban J connectivity index is 2.10. The van der Waals surface area contributed by atoms with Crippen molar-refractivity contribution in [1.82, 2.24) is 10.2 Å². The van der Waals surface area contributed by atoms with Crippen molar-refractivity contribution in [3.8, 4) is 0 Å². The summed E-state index contributed by atoms with van der Waals surface area (Å²) in [7, 11) is 0. The molecule has 2 rings (SSSR count). The highest BCUT2D eigenvalue weighted by atomic mass is 15.1. The number of anilines is 1. The third-order valence-electron chi connectivity index (χ3n) is 2.99. The fourth-order valence-corrected chi connectivity index (χ4v) is 2.22. The molecule has 3 N–H and O–H groups in total. The van der Waals surface area contributed by atoms with Crippen LogP contribution in [0.2, 0.25) is 0 Å². The fraction of sp³-hybridized carbons (Fsp3) is 0.700. The second-order valence-corrected chi connectivity index (χ2v) is 3.93. The van der Waals surface area contributed by atoms with Crippen LogP contribution in [0.5, 0.6) is 0 Å². The van der Waals surface area contributed by atoms with Gasteiger partial charge in [-0.1, -0.05) is 25.7 Å². The molecule has 0 amide bonds. The van der Waals surface area contributed by atoms with E-state index in [0.717, 1.165) is 5.82 Å². The van der Waals surface area contributed by atoms with Crippen molar-refractivity contribution >= 4 is 5.82 Å². The lowest BCUT2D eigenvalue weighted by Gasteiger charge is -2.11. The van der Waals surface area contributed by atoms with Gasteiger partial charge in [-0.05, 0) is 18.8 Å². The maximum atomic E-state index is 5.80. The lowest BCUT2D eigenvalue weighted by Crippen LogP contribution is -1.99. The predicted molar refractivity (Wildman–Crippen MR) is 53.4 cm³/mol. The fourth-order valence-electron chi connectivity index (χ4n) is 2.22. The summed E-state index contributed by atoms with van der Waals surface area (Å²) in [6.07, 6.45) is 9.91. The van der Waals surface area contributed by atoms with Crippen LogP contribution in [0.15, 0.2) is 6.20 Å². The van der Waals surface area contributed by atoms with Crippen molar-refractivity contribution in [2.45, 2.75) is 44.4 Å². The van der Waals surface area contributed by atoms with E-state index in [1.807, 2.05) is 6.20 Å². The quantitative estimate of drug-likeness (QED) is 0.650. The second-order valence-electron chi connectivity index (χ2n) is 3.93. The summed E-state index contributed by atoms with van der Waals surface area (Å²) in [6, 6.07) is 0. The highest BCUT2D eigenvalue weighted by Gasteiger charge is 2.17. The summed E-state index contributed by atoms with van der Waals surface area (Å²) in [5.41, 5.74) is 7.04. The lowest BCUT2D eigenvalue weighted by molar-refractivity contribution is 0.594. The highest BCUT2D eigenvalue weighted by molar-refractivity contribution is 5.39. The molecule has 3 heteroatoms. The van der Waals surface area contributed by atoms with Crippen LogP contribution in [0, 0.1) is 0 Å². The van der Waals surface area contributed by atoms with Crippen molar-refractivity contribution in [3.05, 3.63) is 11.8 Å². The molecule has 0 radical (unpaired) electrons. The van der Waals surface area contributed by atoms with E-state index in [0.29, 0.717) is 5.92 Å². The zero-order valence-electron chi connectivity index (χ0n) is 7.92. The molecule has 1 heterocycles. The number of nitrogens with zero attached hydrogens (tertiary/aromatic N) is 1. The maximum absolute atomic E-state index is 5.80. The molecule has 1 aliphatic carbocycles. The van der Waals surface area contributed by atoms with Gasteiger partial charge in [-0.15, -0.1) is 0 Å². The van der Waals surface area contributed by atoms with E-state index in [4.69, 9.17) is 5.73 Å². The Labute approximate surface area is 78.7 Å². The second kappa shape index (κ2) is 3.81. The Hall–Kier alpha value is -0.990. The van der Waals surface area contributed by atoms with Crippen LogP contribution in [0.3, 0.4) is 0 Å². The molecule has 0 aromatic carbocycles. The molecule has 1 saturated carbocycles. The Morgan fingerprint density at radius 3 is 2.46 bits per heavy atom. The minimum absolute atomic E-state index is 0.654. The van der Waals surface area contributed by atoms with Gasteiger partial charge in [0.1, 0.15) is 5.82 Å². The molecule has 0 unspecified atom stereocenters. The van der Waals surface area contributed by atoms with Crippen molar-refractivity contribution in [2.75, 3.05) is 5.73 Å². The van der Waals surface area contributed by atoms with E-state index in [2.05, 4.69) is 10.2 Å². The molecule has 1 aliphatic rings. The molecule has 0 atom stereocenters. The molecule has 1 aromatic heterocycles. The minimum atomic E-state index is 0.654. The van der Waals surface area contributed by atoms with Crippen molar-refractivity contribution in [1.29, 1.82) is 0 Å². The summed E-state index contributed by atoms with van der Waals surface area (Å²) in [6.45, 7) is 0. The largest absolute Gasteiger partial charge is 0.384 e. The molecular weight excluding hydrogens is 162 g/mol. The number of aromatic amines is 1. The number of nitrogens with one attached hydrogen (secondary N) is 1. The van der Waals surface area contributed by atoms with Gasteiger partial charge in [-0.2, -0.15) is 5.10 Å². The molecule has 1 fully saturated rings. The molecule has 1 aromatic rings. The first-order valence-electron chi connectivity index (χ1n) is 5.16. The Morgan fingerprint density at radius 2 is 1.92 bits per heavy atom. The van der Waals surface area contributed by atoms with Gasteiger partial charge in [0.25, 0.3) is 0 Å². The molecule has 0 aliphatic heterocycles. The number of aromatic nitrogens is 2. The van der Waals surface area contributed by atoms with E-state index in [1.165, 1.54) is 44.1 Å². The number of hydrogen-bond donors (Lipinski definition) is 2. The zero-order valence-corrected chi connectivity index (χ0v) is 7.92. The average molecular weight is 179 g/mol. The number of nitrogen functional groups attached to an aromatic ring is 1. The molecule has 3 nitrogen and oxygen atoms in total. The monoisotopic (exact) mass is 179 g/mol. The number of nitrogens with two attached hydrogens (primary N) is 1.